The second kappa shape index (κ2) is 4.24. The number of hydrogen-bond acceptors (Lipinski definition) is 3. The van der Waals surface area contributed by atoms with Gasteiger partial charge in [0.15, 0.2) is 0 Å². The lowest BCUT2D eigenvalue weighted by atomic mass is 10.00. The van der Waals surface area contributed by atoms with Gasteiger partial charge in [0.05, 0.1) is 18.4 Å². The molecule has 0 radical (unpaired) electrons. The summed E-state index contributed by atoms with van der Waals surface area (Å²) in [6.07, 6.45) is 1.72. The molecule has 2 atom stereocenters. The van der Waals surface area contributed by atoms with Gasteiger partial charge in [0.1, 0.15) is 0 Å². The van der Waals surface area contributed by atoms with Crippen LogP contribution in [0.5, 0.6) is 0 Å². The molecule has 0 aromatic heterocycles. The van der Waals surface area contributed by atoms with Gasteiger partial charge in [0, 0.05) is 5.75 Å². The van der Waals surface area contributed by atoms with E-state index in [2.05, 4.69) is 26.1 Å². The third kappa shape index (κ3) is 1.79. The van der Waals surface area contributed by atoms with Crippen LogP contribution < -0.4 is 0 Å². The van der Waals surface area contributed by atoms with E-state index in [0.717, 1.165) is 18.4 Å². The minimum atomic E-state index is -0.0600. The van der Waals surface area contributed by atoms with E-state index in [1.807, 2.05) is 0 Å². The van der Waals surface area contributed by atoms with E-state index in [9.17, 15) is 9.59 Å². The zero-order chi connectivity index (χ0) is 11.9. The summed E-state index contributed by atoms with van der Waals surface area (Å²) < 4.78 is 0. The Balaban J connectivity index is 2.11. The van der Waals surface area contributed by atoms with E-state index >= 15 is 0 Å². The molecule has 0 aromatic carbocycles. The van der Waals surface area contributed by atoms with Gasteiger partial charge >= 0.3 is 0 Å². The summed E-state index contributed by atoms with van der Waals surface area (Å²) in [6.45, 7) is 6.25. The van der Waals surface area contributed by atoms with Crippen molar-refractivity contribution in [2.24, 2.45) is 17.8 Å². The Morgan fingerprint density at radius 3 is 2.31 bits per heavy atom. The van der Waals surface area contributed by atoms with Crippen molar-refractivity contribution in [2.45, 2.75) is 19.8 Å². The van der Waals surface area contributed by atoms with Crippen molar-refractivity contribution in [3.8, 4) is 0 Å². The van der Waals surface area contributed by atoms with E-state index in [4.69, 9.17) is 0 Å². The molecule has 16 heavy (non-hydrogen) atoms. The third-order valence-electron chi connectivity index (χ3n) is 3.57. The molecule has 3 nitrogen and oxygen atoms in total. The average molecular weight is 239 g/mol. The Morgan fingerprint density at radius 2 is 1.88 bits per heavy atom. The summed E-state index contributed by atoms with van der Waals surface area (Å²) in [5.74, 6) is 0.899. The highest BCUT2D eigenvalue weighted by Gasteiger charge is 2.51. The molecular formula is C12H17NO2S. The molecule has 2 unspecified atom stereocenters. The standard InChI is InChI=1S/C12H17NO2S/c1-7-3-9-10(4-7)12(15)13(11(9)14)5-8(2)6-16/h7,9-10,16H,2-6H2,1H3. The fraction of sp³-hybridized carbons (Fsp3) is 0.667. The van der Waals surface area contributed by atoms with Crippen molar-refractivity contribution in [1.29, 1.82) is 0 Å². The lowest BCUT2D eigenvalue weighted by molar-refractivity contribution is -0.139. The van der Waals surface area contributed by atoms with Crippen LogP contribution in [0.3, 0.4) is 0 Å². The van der Waals surface area contributed by atoms with Crippen molar-refractivity contribution in [3.63, 3.8) is 0 Å². The van der Waals surface area contributed by atoms with Gasteiger partial charge in [-0.05, 0) is 24.3 Å². The van der Waals surface area contributed by atoms with Crippen molar-refractivity contribution < 1.29 is 9.59 Å². The highest BCUT2D eigenvalue weighted by atomic mass is 32.1. The second-order valence-electron chi connectivity index (χ2n) is 4.96. The van der Waals surface area contributed by atoms with Crippen molar-refractivity contribution in [3.05, 3.63) is 12.2 Å². The third-order valence-corrected chi connectivity index (χ3v) is 4.02. The molecule has 1 saturated carbocycles. The number of amides is 2. The molecule has 2 aliphatic rings. The summed E-state index contributed by atoms with van der Waals surface area (Å²) >= 11 is 4.09. The molecule has 0 spiro atoms. The maximum atomic E-state index is 12.0. The molecule has 1 aliphatic carbocycles. The summed E-state index contributed by atoms with van der Waals surface area (Å²) in [6, 6.07) is 0. The second-order valence-corrected chi connectivity index (χ2v) is 5.28. The number of nitrogens with zero attached hydrogens (tertiary/aromatic N) is 1. The SMILES string of the molecule is C=C(CS)CN1C(=O)C2CC(C)CC2C1=O. The molecule has 1 heterocycles. The van der Waals surface area contributed by atoms with E-state index in [1.54, 1.807) is 0 Å². The first-order valence-electron chi connectivity index (χ1n) is 5.67. The molecule has 4 heteroatoms. The first-order valence-corrected chi connectivity index (χ1v) is 6.30. The highest BCUT2D eigenvalue weighted by Crippen LogP contribution is 2.42. The van der Waals surface area contributed by atoms with Crippen LogP contribution in [0.25, 0.3) is 0 Å². The number of carbonyl (C=O) groups excluding carboxylic acids is 2. The molecule has 1 saturated heterocycles. The van der Waals surface area contributed by atoms with Crippen LogP contribution >= 0.6 is 12.6 Å². The Labute approximate surface area is 101 Å². The van der Waals surface area contributed by atoms with Crippen LogP contribution in [0.4, 0.5) is 0 Å². The molecule has 0 bridgehead atoms. The van der Waals surface area contributed by atoms with Gasteiger partial charge in [-0.3, -0.25) is 14.5 Å². The fourth-order valence-electron chi connectivity index (χ4n) is 2.78. The number of hydrogen-bond donors (Lipinski definition) is 1. The zero-order valence-corrected chi connectivity index (χ0v) is 10.4. The predicted octanol–water partition coefficient (Wildman–Crippen LogP) is 1.50. The zero-order valence-electron chi connectivity index (χ0n) is 9.48. The van der Waals surface area contributed by atoms with Crippen molar-refractivity contribution in [2.75, 3.05) is 12.3 Å². The summed E-state index contributed by atoms with van der Waals surface area (Å²) in [5, 5.41) is 0. The smallest absolute Gasteiger partial charge is 0.233 e. The normalized spacial score (nSPS) is 33.4. The lowest BCUT2D eigenvalue weighted by Crippen LogP contribution is -2.34. The number of likely N-dealkylation sites (tertiary alicyclic amines) is 1. The minimum absolute atomic E-state index is 0.00211. The Hall–Kier alpha value is -0.770. The van der Waals surface area contributed by atoms with Crippen molar-refractivity contribution >= 4 is 24.4 Å². The number of fused-ring (bicyclic) bond motifs is 1. The maximum Gasteiger partial charge on any atom is 0.233 e. The number of carbonyl (C=O) groups is 2. The Morgan fingerprint density at radius 1 is 1.38 bits per heavy atom. The lowest BCUT2D eigenvalue weighted by Gasteiger charge is -2.17. The molecule has 0 aromatic rings. The van der Waals surface area contributed by atoms with E-state index in [0.29, 0.717) is 18.2 Å². The molecule has 2 fully saturated rings. The summed E-state index contributed by atoms with van der Waals surface area (Å²) in [5.41, 5.74) is 0.818. The molecule has 88 valence electrons. The number of imide groups is 1. The molecule has 2 amide bonds. The number of thiol groups is 1. The number of rotatable bonds is 3. The van der Waals surface area contributed by atoms with Gasteiger partial charge in [-0.25, -0.2) is 0 Å². The molecular weight excluding hydrogens is 222 g/mol. The predicted molar refractivity (Wildman–Crippen MR) is 65.1 cm³/mol. The monoisotopic (exact) mass is 239 g/mol. The van der Waals surface area contributed by atoms with Crippen molar-refractivity contribution in [1.82, 2.24) is 4.90 Å². The summed E-state index contributed by atoms with van der Waals surface area (Å²) in [7, 11) is 0. The highest BCUT2D eigenvalue weighted by molar-refractivity contribution is 7.80. The van der Waals surface area contributed by atoms with Gasteiger partial charge in [-0.1, -0.05) is 13.5 Å². The van der Waals surface area contributed by atoms with Crippen LogP contribution in [0.15, 0.2) is 12.2 Å². The first kappa shape index (κ1) is 11.7. The molecule has 2 rings (SSSR count). The van der Waals surface area contributed by atoms with Gasteiger partial charge < -0.3 is 0 Å². The van der Waals surface area contributed by atoms with E-state index in [1.165, 1.54) is 4.90 Å². The van der Waals surface area contributed by atoms with Crippen LogP contribution in [-0.2, 0) is 9.59 Å². The van der Waals surface area contributed by atoms with Gasteiger partial charge in [0.25, 0.3) is 0 Å². The van der Waals surface area contributed by atoms with Crippen LogP contribution in [0.1, 0.15) is 19.8 Å². The average Bonchev–Trinajstić information content (AvgIpc) is 2.73. The Bertz CT molecular complexity index is 329. The van der Waals surface area contributed by atoms with Gasteiger partial charge in [0.2, 0.25) is 11.8 Å². The quantitative estimate of drug-likeness (QED) is 0.460. The topological polar surface area (TPSA) is 37.4 Å². The van der Waals surface area contributed by atoms with Gasteiger partial charge in [-0.15, -0.1) is 0 Å². The van der Waals surface area contributed by atoms with Crippen LogP contribution in [0, 0.1) is 17.8 Å². The maximum absolute atomic E-state index is 12.0. The minimum Gasteiger partial charge on any atom is -0.278 e. The van der Waals surface area contributed by atoms with E-state index in [-0.39, 0.29) is 23.7 Å². The van der Waals surface area contributed by atoms with Crippen LogP contribution in [-0.4, -0.2) is 29.0 Å². The van der Waals surface area contributed by atoms with Gasteiger partial charge in [-0.2, -0.15) is 12.6 Å². The Kier molecular flexibility index (Phi) is 3.10. The van der Waals surface area contributed by atoms with Crippen LogP contribution in [0.2, 0.25) is 0 Å². The first-order chi connectivity index (χ1) is 7.54. The molecule has 1 aliphatic heterocycles. The fourth-order valence-corrected chi connectivity index (χ4v) is 2.88. The molecule has 0 N–H and O–H groups in total. The largest absolute Gasteiger partial charge is 0.278 e. The van der Waals surface area contributed by atoms with E-state index < -0.39 is 0 Å². The summed E-state index contributed by atoms with van der Waals surface area (Å²) in [4.78, 5) is 25.4.